The van der Waals surface area contributed by atoms with Gasteiger partial charge in [0.2, 0.25) is 4.77 Å². The van der Waals surface area contributed by atoms with Gasteiger partial charge in [-0.25, -0.2) is 4.68 Å². The second kappa shape index (κ2) is 7.96. The summed E-state index contributed by atoms with van der Waals surface area (Å²) in [6.07, 6.45) is 0.939. The first-order valence-electron chi connectivity index (χ1n) is 9.56. The maximum atomic E-state index is 5.65. The smallest absolute Gasteiger partial charge is 0.221 e. The van der Waals surface area contributed by atoms with Crippen LogP contribution >= 0.6 is 12.2 Å². The Morgan fingerprint density at radius 2 is 1.59 bits per heavy atom. The first-order chi connectivity index (χ1) is 14.0. The predicted octanol–water partition coefficient (Wildman–Crippen LogP) is 3.45. The van der Waals surface area contributed by atoms with Crippen molar-refractivity contribution in [3.05, 3.63) is 57.4 Å². The molecule has 0 spiro atoms. The van der Waals surface area contributed by atoms with Crippen LogP contribution < -0.4 is 9.47 Å². The summed E-state index contributed by atoms with van der Waals surface area (Å²) in [5.74, 6) is 1.53. The summed E-state index contributed by atoms with van der Waals surface area (Å²) >= 11 is 5.65. The van der Waals surface area contributed by atoms with Crippen molar-refractivity contribution in [3.8, 4) is 17.2 Å². The highest BCUT2D eigenvalue weighted by Crippen LogP contribution is 2.33. The molecule has 0 N–H and O–H groups in total. The molecule has 7 nitrogen and oxygen atoms in total. The van der Waals surface area contributed by atoms with E-state index in [0.717, 1.165) is 36.7 Å². The maximum Gasteiger partial charge on any atom is 0.221 e. The summed E-state index contributed by atoms with van der Waals surface area (Å²) in [6, 6.07) is 10.4. The molecule has 3 aromatic rings. The van der Waals surface area contributed by atoms with E-state index in [0.29, 0.717) is 11.4 Å². The highest BCUT2D eigenvalue weighted by Gasteiger charge is 2.20. The Hall–Kier alpha value is -2.71. The van der Waals surface area contributed by atoms with Crippen molar-refractivity contribution in [1.29, 1.82) is 0 Å². The standard InChI is InChI=1S/C21H25N5O2S/c1-14-7-15(2)9-18(8-14)26-21(29)25(22-23-26)13-24-6-5-16-10-19(27-3)20(28-4)11-17(16)12-24/h7-11H,5-6,12-13H2,1-4H3. The van der Waals surface area contributed by atoms with Gasteiger partial charge in [0.05, 0.1) is 26.6 Å². The van der Waals surface area contributed by atoms with Gasteiger partial charge < -0.3 is 9.47 Å². The van der Waals surface area contributed by atoms with Crippen LogP contribution in [0, 0.1) is 18.6 Å². The molecule has 0 amide bonds. The fourth-order valence-electron chi connectivity index (χ4n) is 3.85. The van der Waals surface area contributed by atoms with E-state index in [2.05, 4.69) is 59.5 Å². The van der Waals surface area contributed by atoms with Crippen molar-refractivity contribution in [3.63, 3.8) is 0 Å². The van der Waals surface area contributed by atoms with Gasteiger partial charge in [-0.05, 0) is 89.4 Å². The average Bonchev–Trinajstić information content (AvgIpc) is 3.06. The van der Waals surface area contributed by atoms with E-state index >= 15 is 0 Å². The fourth-order valence-corrected chi connectivity index (χ4v) is 4.09. The normalized spacial score (nSPS) is 13.9. The molecule has 1 aliphatic heterocycles. The Labute approximate surface area is 175 Å². The zero-order valence-corrected chi connectivity index (χ0v) is 18.0. The summed E-state index contributed by atoms with van der Waals surface area (Å²) in [5, 5.41) is 8.59. The number of aryl methyl sites for hydroxylation is 2. The summed E-state index contributed by atoms with van der Waals surface area (Å²) in [7, 11) is 3.33. The number of hydrogen-bond acceptors (Lipinski definition) is 6. The van der Waals surface area contributed by atoms with Crippen molar-refractivity contribution < 1.29 is 9.47 Å². The van der Waals surface area contributed by atoms with E-state index in [1.54, 1.807) is 23.6 Å². The number of fused-ring (bicyclic) bond motifs is 1. The summed E-state index contributed by atoms with van der Waals surface area (Å²) in [5.41, 5.74) is 5.82. The number of benzene rings is 2. The molecule has 4 rings (SSSR count). The van der Waals surface area contributed by atoms with E-state index in [9.17, 15) is 0 Å². The van der Waals surface area contributed by atoms with Crippen molar-refractivity contribution in [2.75, 3.05) is 20.8 Å². The number of aromatic nitrogens is 4. The molecule has 1 aromatic heterocycles. The Morgan fingerprint density at radius 3 is 2.24 bits per heavy atom. The number of nitrogens with zero attached hydrogens (tertiary/aromatic N) is 5. The summed E-state index contributed by atoms with van der Waals surface area (Å²) in [4.78, 5) is 2.31. The number of methoxy groups -OCH3 is 2. The van der Waals surface area contributed by atoms with Crippen LogP contribution in [0.1, 0.15) is 22.3 Å². The van der Waals surface area contributed by atoms with Crippen LogP contribution in [0.5, 0.6) is 11.5 Å². The Morgan fingerprint density at radius 1 is 0.931 bits per heavy atom. The zero-order chi connectivity index (χ0) is 20.5. The van der Waals surface area contributed by atoms with Crippen LogP contribution in [0.25, 0.3) is 5.69 Å². The predicted molar refractivity (Wildman–Crippen MR) is 113 cm³/mol. The molecule has 29 heavy (non-hydrogen) atoms. The minimum absolute atomic E-state index is 0.591. The third-order valence-corrected chi connectivity index (χ3v) is 5.61. The molecule has 0 saturated heterocycles. The fraction of sp³-hybridized carbons (Fsp3) is 0.381. The molecule has 0 radical (unpaired) electrons. The summed E-state index contributed by atoms with van der Waals surface area (Å²) in [6.45, 7) is 6.45. The van der Waals surface area contributed by atoms with E-state index in [-0.39, 0.29) is 0 Å². The molecule has 0 bridgehead atoms. The number of hydrogen-bond donors (Lipinski definition) is 0. The first kappa shape index (κ1) is 19.6. The van der Waals surface area contributed by atoms with Gasteiger partial charge >= 0.3 is 0 Å². The molecule has 0 atom stereocenters. The van der Waals surface area contributed by atoms with Gasteiger partial charge in [-0.2, -0.15) is 4.68 Å². The number of tetrazole rings is 1. The van der Waals surface area contributed by atoms with Crippen LogP contribution in [0.2, 0.25) is 0 Å². The molecule has 0 saturated carbocycles. The molecule has 0 aliphatic carbocycles. The van der Waals surface area contributed by atoms with Gasteiger partial charge in [-0.1, -0.05) is 6.07 Å². The highest BCUT2D eigenvalue weighted by molar-refractivity contribution is 7.71. The van der Waals surface area contributed by atoms with Crippen molar-refractivity contribution in [1.82, 2.24) is 24.7 Å². The minimum Gasteiger partial charge on any atom is -0.493 e. The van der Waals surface area contributed by atoms with Gasteiger partial charge in [0.15, 0.2) is 11.5 Å². The van der Waals surface area contributed by atoms with E-state index < -0.39 is 0 Å². The van der Waals surface area contributed by atoms with E-state index in [4.69, 9.17) is 21.7 Å². The topological polar surface area (TPSA) is 57.3 Å². The quantitative estimate of drug-likeness (QED) is 0.600. The lowest BCUT2D eigenvalue weighted by Crippen LogP contribution is -2.33. The van der Waals surface area contributed by atoms with Gasteiger partial charge in [0, 0.05) is 13.1 Å². The summed E-state index contributed by atoms with van der Waals surface area (Å²) < 4.78 is 15.0. The maximum absolute atomic E-state index is 5.65. The average molecular weight is 412 g/mol. The van der Waals surface area contributed by atoms with Crippen molar-refractivity contribution in [2.45, 2.75) is 33.5 Å². The van der Waals surface area contributed by atoms with Crippen LogP contribution in [0.15, 0.2) is 30.3 Å². The van der Waals surface area contributed by atoms with Crippen LogP contribution in [-0.4, -0.2) is 45.5 Å². The van der Waals surface area contributed by atoms with Gasteiger partial charge in [0.1, 0.15) is 0 Å². The molecule has 2 heterocycles. The Bertz CT molecular complexity index is 1080. The van der Waals surface area contributed by atoms with Gasteiger partial charge in [0.25, 0.3) is 0 Å². The lowest BCUT2D eigenvalue weighted by atomic mass is 9.99. The second-order valence-electron chi connectivity index (χ2n) is 7.44. The number of rotatable bonds is 5. The van der Waals surface area contributed by atoms with Crippen LogP contribution in [0.4, 0.5) is 0 Å². The molecular formula is C21H25N5O2S. The SMILES string of the molecule is COc1cc2c(cc1OC)CN(Cn1nnn(-c3cc(C)cc(C)c3)c1=S)CC2. The molecule has 8 heteroatoms. The second-order valence-corrected chi connectivity index (χ2v) is 7.80. The molecular weight excluding hydrogens is 386 g/mol. The molecule has 0 fully saturated rings. The lowest BCUT2D eigenvalue weighted by Gasteiger charge is -2.29. The van der Waals surface area contributed by atoms with Gasteiger partial charge in [-0.3, -0.25) is 4.90 Å². The van der Waals surface area contributed by atoms with Crippen molar-refractivity contribution in [2.24, 2.45) is 0 Å². The van der Waals surface area contributed by atoms with Crippen LogP contribution in [0.3, 0.4) is 0 Å². The highest BCUT2D eigenvalue weighted by atomic mass is 32.1. The first-order valence-corrected chi connectivity index (χ1v) is 9.97. The van der Waals surface area contributed by atoms with Crippen molar-refractivity contribution >= 4 is 12.2 Å². The van der Waals surface area contributed by atoms with E-state index in [1.807, 2.05) is 0 Å². The molecule has 1 aliphatic rings. The number of ether oxygens (including phenoxy) is 2. The van der Waals surface area contributed by atoms with Gasteiger partial charge in [-0.15, -0.1) is 0 Å². The van der Waals surface area contributed by atoms with Crippen LogP contribution in [-0.2, 0) is 19.6 Å². The largest absolute Gasteiger partial charge is 0.493 e. The zero-order valence-electron chi connectivity index (χ0n) is 17.2. The Kier molecular flexibility index (Phi) is 5.38. The molecule has 2 aromatic carbocycles. The van der Waals surface area contributed by atoms with E-state index in [1.165, 1.54) is 22.3 Å². The molecule has 152 valence electrons. The minimum atomic E-state index is 0.591. The molecule has 0 unspecified atom stereocenters. The third-order valence-electron chi connectivity index (χ3n) is 5.22. The lowest BCUT2D eigenvalue weighted by molar-refractivity contribution is 0.186. The monoisotopic (exact) mass is 411 g/mol. The third kappa shape index (κ3) is 3.90. The Balaban J connectivity index is 1.56.